The maximum atomic E-state index is 9.18. The van der Waals surface area contributed by atoms with Crippen molar-refractivity contribution in [3.8, 4) is 17.0 Å². The van der Waals surface area contributed by atoms with Gasteiger partial charge >= 0.3 is 0 Å². The van der Waals surface area contributed by atoms with Crippen molar-refractivity contribution < 1.29 is 9.84 Å². The van der Waals surface area contributed by atoms with E-state index in [-0.39, 0.29) is 6.61 Å². The van der Waals surface area contributed by atoms with Crippen molar-refractivity contribution in [3.63, 3.8) is 0 Å². The largest absolute Gasteiger partial charge is 0.496 e. The Morgan fingerprint density at radius 1 is 1.25 bits per heavy atom. The van der Waals surface area contributed by atoms with Crippen LogP contribution in [0.5, 0.6) is 5.75 Å². The lowest BCUT2D eigenvalue weighted by molar-refractivity contribution is 0.282. The van der Waals surface area contributed by atoms with E-state index in [0.717, 1.165) is 33.8 Å². The van der Waals surface area contributed by atoms with Crippen LogP contribution in [0.1, 0.15) is 11.1 Å². The highest BCUT2D eigenvalue weighted by molar-refractivity contribution is 5.70. The second-order valence-electron chi connectivity index (χ2n) is 4.79. The van der Waals surface area contributed by atoms with Gasteiger partial charge < -0.3 is 14.2 Å². The predicted molar refractivity (Wildman–Crippen MR) is 77.8 cm³/mol. The molecule has 0 radical (unpaired) electrons. The predicted octanol–water partition coefficient (Wildman–Crippen LogP) is 2.81. The minimum atomic E-state index is 0.0203. The summed E-state index contributed by atoms with van der Waals surface area (Å²) in [5.74, 6) is 0.807. The number of rotatable bonds is 3. The molecule has 0 aliphatic rings. The fraction of sp³-hybridized carbons (Fsp3) is 0.188. The molecule has 4 heteroatoms. The van der Waals surface area contributed by atoms with Crippen molar-refractivity contribution in [2.24, 2.45) is 0 Å². The molecule has 1 N–H and O–H groups in total. The maximum absolute atomic E-state index is 9.18. The Kier molecular flexibility index (Phi) is 3.16. The molecule has 0 atom stereocenters. The molecule has 4 nitrogen and oxygen atoms in total. The number of nitrogens with zero attached hydrogens (tertiary/aromatic N) is 2. The standard InChI is InChI=1S/C16H16N2O2/c1-11-3-4-15(20-2)13(7-11)14-9-18-6-5-12(10-19)8-16(18)17-14/h3-9,19H,10H2,1-2H3. The van der Waals surface area contributed by atoms with Gasteiger partial charge in [-0.05, 0) is 36.8 Å². The zero-order chi connectivity index (χ0) is 14.1. The molecule has 20 heavy (non-hydrogen) atoms. The molecule has 0 amide bonds. The van der Waals surface area contributed by atoms with Gasteiger partial charge in [0.05, 0.1) is 19.4 Å². The lowest BCUT2D eigenvalue weighted by Crippen LogP contribution is -1.88. The summed E-state index contributed by atoms with van der Waals surface area (Å²) < 4.78 is 7.35. The third-order valence-electron chi connectivity index (χ3n) is 3.34. The molecule has 3 aromatic rings. The first-order chi connectivity index (χ1) is 9.71. The molecule has 3 rings (SSSR count). The first-order valence-electron chi connectivity index (χ1n) is 6.45. The maximum Gasteiger partial charge on any atom is 0.137 e. The molecule has 0 aliphatic heterocycles. The van der Waals surface area contributed by atoms with Gasteiger partial charge in [0.1, 0.15) is 11.4 Å². The number of fused-ring (bicyclic) bond motifs is 1. The third-order valence-corrected chi connectivity index (χ3v) is 3.34. The summed E-state index contributed by atoms with van der Waals surface area (Å²) in [5.41, 5.74) is 4.66. The number of aliphatic hydroxyl groups is 1. The van der Waals surface area contributed by atoms with Crippen LogP contribution in [0, 0.1) is 6.92 Å². The average molecular weight is 268 g/mol. The van der Waals surface area contributed by atoms with Crippen molar-refractivity contribution in [2.45, 2.75) is 13.5 Å². The number of methoxy groups -OCH3 is 1. The number of aryl methyl sites for hydroxylation is 1. The summed E-state index contributed by atoms with van der Waals surface area (Å²) >= 11 is 0. The van der Waals surface area contributed by atoms with E-state index in [2.05, 4.69) is 11.1 Å². The van der Waals surface area contributed by atoms with Crippen LogP contribution in [-0.4, -0.2) is 21.6 Å². The summed E-state index contributed by atoms with van der Waals surface area (Å²) in [4.78, 5) is 4.61. The lowest BCUT2D eigenvalue weighted by atomic mass is 10.1. The highest BCUT2D eigenvalue weighted by Crippen LogP contribution is 2.30. The normalized spacial score (nSPS) is 10.9. The Morgan fingerprint density at radius 2 is 2.10 bits per heavy atom. The molecule has 2 aromatic heterocycles. The second-order valence-corrected chi connectivity index (χ2v) is 4.79. The number of aliphatic hydroxyl groups excluding tert-OH is 1. The average Bonchev–Trinajstić information content (AvgIpc) is 2.89. The van der Waals surface area contributed by atoms with Crippen LogP contribution in [0.2, 0.25) is 0 Å². The molecule has 102 valence electrons. The Hall–Kier alpha value is -2.33. The molecule has 2 heterocycles. The van der Waals surface area contributed by atoms with Gasteiger partial charge in [-0.15, -0.1) is 0 Å². The van der Waals surface area contributed by atoms with Gasteiger partial charge in [0.15, 0.2) is 0 Å². The molecule has 0 spiro atoms. The first-order valence-corrected chi connectivity index (χ1v) is 6.45. The van der Waals surface area contributed by atoms with E-state index in [1.54, 1.807) is 7.11 Å². The van der Waals surface area contributed by atoms with Crippen molar-refractivity contribution in [2.75, 3.05) is 7.11 Å². The molecule has 0 saturated heterocycles. The number of benzene rings is 1. The van der Waals surface area contributed by atoms with Crippen LogP contribution in [-0.2, 0) is 6.61 Å². The molecule has 0 unspecified atom stereocenters. The number of hydrogen-bond donors (Lipinski definition) is 1. The topological polar surface area (TPSA) is 46.8 Å². The van der Waals surface area contributed by atoms with Gasteiger partial charge in [-0.2, -0.15) is 0 Å². The Morgan fingerprint density at radius 3 is 2.85 bits per heavy atom. The molecular formula is C16H16N2O2. The number of hydrogen-bond acceptors (Lipinski definition) is 3. The van der Waals surface area contributed by atoms with Crippen LogP contribution >= 0.6 is 0 Å². The monoisotopic (exact) mass is 268 g/mol. The van der Waals surface area contributed by atoms with Crippen LogP contribution in [0.15, 0.2) is 42.7 Å². The van der Waals surface area contributed by atoms with E-state index in [0.29, 0.717) is 0 Å². The minimum Gasteiger partial charge on any atom is -0.496 e. The smallest absolute Gasteiger partial charge is 0.137 e. The Labute approximate surface area is 117 Å². The molecule has 0 bridgehead atoms. The number of imidazole rings is 1. The van der Waals surface area contributed by atoms with Crippen LogP contribution < -0.4 is 4.74 Å². The van der Waals surface area contributed by atoms with Crippen LogP contribution in [0.4, 0.5) is 0 Å². The Balaban J connectivity index is 2.17. The number of pyridine rings is 1. The quantitative estimate of drug-likeness (QED) is 0.794. The van der Waals surface area contributed by atoms with Gasteiger partial charge in [0.25, 0.3) is 0 Å². The van der Waals surface area contributed by atoms with Gasteiger partial charge in [-0.25, -0.2) is 4.98 Å². The fourth-order valence-electron chi connectivity index (χ4n) is 2.27. The minimum absolute atomic E-state index is 0.0203. The summed E-state index contributed by atoms with van der Waals surface area (Å²) in [6.07, 6.45) is 3.87. The molecule has 1 aromatic carbocycles. The molecule has 0 aliphatic carbocycles. The highest BCUT2D eigenvalue weighted by atomic mass is 16.5. The molecular weight excluding hydrogens is 252 g/mol. The van der Waals surface area contributed by atoms with Crippen molar-refractivity contribution in [1.29, 1.82) is 0 Å². The SMILES string of the molecule is COc1ccc(C)cc1-c1cn2ccc(CO)cc2n1. The van der Waals surface area contributed by atoms with Gasteiger partial charge in [0.2, 0.25) is 0 Å². The number of ether oxygens (including phenoxy) is 1. The first kappa shape index (κ1) is 12.7. The second kappa shape index (κ2) is 4.98. The summed E-state index contributed by atoms with van der Waals surface area (Å²) in [6.45, 7) is 2.06. The van der Waals surface area contributed by atoms with E-state index >= 15 is 0 Å². The highest BCUT2D eigenvalue weighted by Gasteiger charge is 2.10. The number of aromatic nitrogens is 2. The fourth-order valence-corrected chi connectivity index (χ4v) is 2.27. The van der Waals surface area contributed by atoms with E-state index in [1.807, 2.05) is 48.0 Å². The zero-order valence-electron chi connectivity index (χ0n) is 11.5. The van der Waals surface area contributed by atoms with E-state index in [9.17, 15) is 5.11 Å². The summed E-state index contributed by atoms with van der Waals surface area (Å²) in [5, 5.41) is 9.18. The van der Waals surface area contributed by atoms with E-state index < -0.39 is 0 Å². The van der Waals surface area contributed by atoms with E-state index in [4.69, 9.17) is 4.74 Å². The van der Waals surface area contributed by atoms with E-state index in [1.165, 1.54) is 0 Å². The van der Waals surface area contributed by atoms with Crippen molar-refractivity contribution in [1.82, 2.24) is 9.38 Å². The summed E-state index contributed by atoms with van der Waals surface area (Å²) in [7, 11) is 1.66. The Bertz CT molecular complexity index is 762. The molecule has 0 fully saturated rings. The van der Waals surface area contributed by atoms with Gasteiger partial charge in [-0.1, -0.05) is 11.6 Å². The van der Waals surface area contributed by atoms with Gasteiger partial charge in [-0.3, -0.25) is 0 Å². The lowest BCUT2D eigenvalue weighted by Gasteiger charge is -2.06. The summed E-state index contributed by atoms with van der Waals surface area (Å²) in [6, 6.07) is 9.79. The zero-order valence-corrected chi connectivity index (χ0v) is 11.5. The van der Waals surface area contributed by atoms with Crippen molar-refractivity contribution >= 4 is 5.65 Å². The van der Waals surface area contributed by atoms with Crippen molar-refractivity contribution in [3.05, 3.63) is 53.9 Å². The third kappa shape index (κ3) is 2.14. The van der Waals surface area contributed by atoms with Gasteiger partial charge in [0, 0.05) is 18.0 Å². The molecule has 0 saturated carbocycles. The van der Waals surface area contributed by atoms with Crippen LogP contribution in [0.3, 0.4) is 0 Å². The van der Waals surface area contributed by atoms with Crippen LogP contribution in [0.25, 0.3) is 16.9 Å².